The van der Waals surface area contributed by atoms with Crippen LogP contribution in [-0.2, 0) is 0 Å². The Kier molecular flexibility index (Phi) is 2.27. The van der Waals surface area contributed by atoms with E-state index in [2.05, 4.69) is 11.1 Å². The van der Waals surface area contributed by atoms with E-state index in [-0.39, 0.29) is 0 Å². The Morgan fingerprint density at radius 2 is 2.05 bits per heavy atom. The number of anilines is 1. The largest absolute Gasteiger partial charge is 0.464 e. The van der Waals surface area contributed by atoms with Gasteiger partial charge in [-0.25, -0.2) is 4.98 Å². The summed E-state index contributed by atoms with van der Waals surface area (Å²) in [6.07, 6.45) is 1.57. The average molecular weight is 274 g/mol. The lowest BCUT2D eigenvalue weighted by molar-refractivity contribution is 0.582. The predicted octanol–water partition coefficient (Wildman–Crippen LogP) is 3.20. The van der Waals surface area contributed by atoms with Crippen LogP contribution in [0.2, 0.25) is 0 Å². The van der Waals surface area contributed by atoms with Crippen molar-refractivity contribution >= 4 is 22.5 Å². The van der Waals surface area contributed by atoms with Crippen LogP contribution in [-0.4, -0.2) is 9.38 Å². The molecule has 0 fully saturated rings. The fraction of sp³-hybridized carbons (Fsp3) is 0. The molecule has 0 amide bonds. The van der Waals surface area contributed by atoms with Crippen molar-refractivity contribution in [2.75, 3.05) is 5.73 Å². The van der Waals surface area contributed by atoms with E-state index in [0.717, 1.165) is 11.0 Å². The number of nitrogens with zero attached hydrogens (tertiary/aromatic N) is 3. The van der Waals surface area contributed by atoms with Crippen LogP contribution in [0.25, 0.3) is 28.0 Å². The summed E-state index contributed by atoms with van der Waals surface area (Å²) < 4.78 is 7.19. The fourth-order valence-electron chi connectivity index (χ4n) is 2.59. The number of para-hydroxylation sites is 2. The van der Waals surface area contributed by atoms with Crippen LogP contribution < -0.4 is 5.73 Å². The number of furan rings is 1. The number of hydrogen-bond donors (Lipinski definition) is 1. The predicted molar refractivity (Wildman–Crippen MR) is 79.5 cm³/mol. The summed E-state index contributed by atoms with van der Waals surface area (Å²) in [6, 6.07) is 15.3. The lowest BCUT2D eigenvalue weighted by Crippen LogP contribution is -2.02. The van der Waals surface area contributed by atoms with Gasteiger partial charge < -0.3 is 10.2 Å². The molecule has 3 aromatic heterocycles. The van der Waals surface area contributed by atoms with Crippen LogP contribution in [0.1, 0.15) is 5.56 Å². The number of nitriles is 1. The maximum atomic E-state index is 9.46. The van der Waals surface area contributed by atoms with Gasteiger partial charge in [0.05, 0.1) is 17.3 Å². The molecule has 21 heavy (non-hydrogen) atoms. The maximum absolute atomic E-state index is 9.46. The third-order valence-corrected chi connectivity index (χ3v) is 3.52. The minimum absolute atomic E-state index is 0.370. The Hall–Kier alpha value is -3.26. The quantitative estimate of drug-likeness (QED) is 0.578. The number of benzene rings is 1. The molecule has 0 unspecified atom stereocenters. The van der Waals surface area contributed by atoms with Crippen molar-refractivity contribution in [1.82, 2.24) is 9.38 Å². The number of nitrogen functional groups attached to an aromatic ring is 1. The Labute approximate surface area is 119 Å². The van der Waals surface area contributed by atoms with Gasteiger partial charge in [-0.3, -0.25) is 4.40 Å². The molecule has 3 heterocycles. The number of aromatic nitrogens is 2. The van der Waals surface area contributed by atoms with Crippen molar-refractivity contribution in [2.45, 2.75) is 0 Å². The summed E-state index contributed by atoms with van der Waals surface area (Å²) >= 11 is 0. The first-order valence-corrected chi connectivity index (χ1v) is 6.43. The molecule has 2 N–H and O–H groups in total. The van der Waals surface area contributed by atoms with Gasteiger partial charge in [0.15, 0.2) is 0 Å². The summed E-state index contributed by atoms with van der Waals surface area (Å²) in [7, 11) is 0. The number of hydrogen-bond acceptors (Lipinski definition) is 4. The number of nitrogens with two attached hydrogens (primary N) is 1. The summed E-state index contributed by atoms with van der Waals surface area (Å²) in [4.78, 5) is 4.55. The molecule has 0 saturated carbocycles. The van der Waals surface area contributed by atoms with Crippen molar-refractivity contribution in [3.63, 3.8) is 0 Å². The SMILES string of the molecule is N#Cc1c(-c2ccco2)cc2nc3ccccc3n2c1N. The van der Waals surface area contributed by atoms with E-state index in [0.29, 0.717) is 28.4 Å². The van der Waals surface area contributed by atoms with Gasteiger partial charge in [-0.2, -0.15) is 5.26 Å². The molecule has 4 rings (SSSR count). The van der Waals surface area contributed by atoms with E-state index in [4.69, 9.17) is 10.2 Å². The van der Waals surface area contributed by atoms with Crippen LogP contribution in [0, 0.1) is 11.3 Å². The van der Waals surface area contributed by atoms with Crippen LogP contribution in [0.4, 0.5) is 5.82 Å². The molecule has 0 aliphatic heterocycles. The highest BCUT2D eigenvalue weighted by Gasteiger charge is 2.17. The molecule has 100 valence electrons. The van der Waals surface area contributed by atoms with Crippen LogP contribution in [0.5, 0.6) is 0 Å². The van der Waals surface area contributed by atoms with Gasteiger partial charge >= 0.3 is 0 Å². The lowest BCUT2D eigenvalue weighted by atomic mass is 10.1. The van der Waals surface area contributed by atoms with E-state index in [1.165, 1.54) is 0 Å². The topological polar surface area (TPSA) is 80.2 Å². The second-order valence-corrected chi connectivity index (χ2v) is 4.70. The number of rotatable bonds is 1. The maximum Gasteiger partial charge on any atom is 0.140 e. The Morgan fingerprint density at radius 1 is 1.19 bits per heavy atom. The second-order valence-electron chi connectivity index (χ2n) is 4.70. The first-order chi connectivity index (χ1) is 10.3. The Balaban J connectivity index is 2.19. The Bertz CT molecular complexity index is 1010. The molecule has 0 aliphatic carbocycles. The van der Waals surface area contributed by atoms with Gasteiger partial charge in [0.25, 0.3) is 0 Å². The van der Waals surface area contributed by atoms with Crippen molar-refractivity contribution in [2.24, 2.45) is 0 Å². The molecule has 0 spiro atoms. The van der Waals surface area contributed by atoms with Gasteiger partial charge in [-0.15, -0.1) is 0 Å². The zero-order valence-electron chi connectivity index (χ0n) is 10.9. The molecule has 0 saturated heterocycles. The van der Waals surface area contributed by atoms with Gasteiger partial charge in [-0.05, 0) is 30.3 Å². The van der Waals surface area contributed by atoms with Gasteiger partial charge in [-0.1, -0.05) is 12.1 Å². The summed E-state index contributed by atoms with van der Waals surface area (Å²) in [6.45, 7) is 0. The van der Waals surface area contributed by atoms with Gasteiger partial charge in [0.1, 0.15) is 28.9 Å². The van der Waals surface area contributed by atoms with Crippen LogP contribution in [0.15, 0.2) is 53.1 Å². The first kappa shape index (κ1) is 11.6. The van der Waals surface area contributed by atoms with Crippen molar-refractivity contribution in [3.8, 4) is 17.4 Å². The van der Waals surface area contributed by atoms with E-state index in [1.807, 2.05) is 30.3 Å². The molecule has 5 heteroatoms. The molecule has 0 atom stereocenters. The van der Waals surface area contributed by atoms with Crippen LogP contribution >= 0.6 is 0 Å². The fourth-order valence-corrected chi connectivity index (χ4v) is 2.59. The molecule has 4 aromatic rings. The van der Waals surface area contributed by atoms with E-state index in [1.54, 1.807) is 22.8 Å². The zero-order valence-corrected chi connectivity index (χ0v) is 10.9. The minimum Gasteiger partial charge on any atom is -0.464 e. The minimum atomic E-state index is 0.370. The second kappa shape index (κ2) is 4.12. The summed E-state index contributed by atoms with van der Waals surface area (Å²) in [5.41, 5.74) is 9.66. The van der Waals surface area contributed by atoms with Gasteiger partial charge in [0.2, 0.25) is 0 Å². The summed E-state index contributed by atoms with van der Waals surface area (Å²) in [5.74, 6) is 0.975. The monoisotopic (exact) mass is 274 g/mol. The lowest BCUT2D eigenvalue weighted by Gasteiger charge is -2.07. The number of fused-ring (bicyclic) bond motifs is 3. The normalized spacial score (nSPS) is 11.0. The number of pyridine rings is 1. The molecular formula is C16H10N4O. The molecular weight excluding hydrogens is 264 g/mol. The standard InChI is InChI=1S/C16H10N4O/c17-9-11-10(14-6-3-7-21-14)8-15-19-12-4-1-2-5-13(12)20(15)16(11)18/h1-8H,18H2. The highest BCUT2D eigenvalue weighted by atomic mass is 16.3. The van der Waals surface area contributed by atoms with Crippen molar-refractivity contribution in [1.29, 1.82) is 5.26 Å². The molecule has 0 radical (unpaired) electrons. The van der Waals surface area contributed by atoms with Crippen LogP contribution in [0.3, 0.4) is 0 Å². The zero-order chi connectivity index (χ0) is 14.4. The Morgan fingerprint density at radius 3 is 2.81 bits per heavy atom. The third-order valence-electron chi connectivity index (χ3n) is 3.52. The molecule has 0 bridgehead atoms. The first-order valence-electron chi connectivity index (χ1n) is 6.43. The number of imidazole rings is 1. The van der Waals surface area contributed by atoms with E-state index >= 15 is 0 Å². The highest BCUT2D eigenvalue weighted by Crippen LogP contribution is 2.31. The smallest absolute Gasteiger partial charge is 0.140 e. The average Bonchev–Trinajstić information content (AvgIpc) is 3.14. The van der Waals surface area contributed by atoms with Crippen molar-refractivity contribution < 1.29 is 4.42 Å². The third kappa shape index (κ3) is 1.53. The summed E-state index contributed by atoms with van der Waals surface area (Å²) in [5, 5.41) is 9.46. The molecule has 0 aliphatic rings. The van der Waals surface area contributed by atoms with Crippen molar-refractivity contribution in [3.05, 3.63) is 54.3 Å². The van der Waals surface area contributed by atoms with E-state index in [9.17, 15) is 5.26 Å². The van der Waals surface area contributed by atoms with E-state index < -0.39 is 0 Å². The molecule has 1 aromatic carbocycles. The van der Waals surface area contributed by atoms with Gasteiger partial charge in [0, 0.05) is 5.56 Å². The molecule has 5 nitrogen and oxygen atoms in total. The highest BCUT2D eigenvalue weighted by molar-refractivity contribution is 5.87.